The summed E-state index contributed by atoms with van der Waals surface area (Å²) in [7, 11) is 1.69. The number of rotatable bonds is 5. The molecule has 1 saturated carbocycles. The first-order chi connectivity index (χ1) is 17.4. The Labute approximate surface area is 209 Å². The lowest BCUT2D eigenvalue weighted by Gasteiger charge is -2.42. The van der Waals surface area contributed by atoms with Crippen LogP contribution in [0.4, 0.5) is 18.4 Å². The summed E-state index contributed by atoms with van der Waals surface area (Å²) in [5.74, 6) is -0.480. The minimum absolute atomic E-state index is 0.105. The average Bonchev–Trinajstić information content (AvgIpc) is 3.53. The molecule has 2 aliphatic heterocycles. The van der Waals surface area contributed by atoms with Crippen LogP contribution in [0.1, 0.15) is 55.2 Å². The highest BCUT2D eigenvalue weighted by molar-refractivity contribution is 5.93. The lowest BCUT2D eigenvalue weighted by Crippen LogP contribution is -2.59. The quantitative estimate of drug-likeness (QED) is 0.613. The van der Waals surface area contributed by atoms with Crippen molar-refractivity contribution in [3.05, 3.63) is 65.2 Å². The molecule has 0 bridgehead atoms. The molecule has 0 aromatic heterocycles. The number of nitrogens with one attached hydrogen (secondary N) is 2. The van der Waals surface area contributed by atoms with Crippen molar-refractivity contribution in [2.45, 2.75) is 49.6 Å². The van der Waals surface area contributed by atoms with Gasteiger partial charge in [-0.05, 0) is 79.8 Å². The van der Waals surface area contributed by atoms with Gasteiger partial charge in [-0.3, -0.25) is 0 Å². The Morgan fingerprint density at radius 2 is 1.92 bits per heavy atom. The van der Waals surface area contributed by atoms with Gasteiger partial charge in [-0.2, -0.15) is 0 Å². The Morgan fingerprint density at radius 1 is 1.14 bits per heavy atom. The molecule has 0 unspecified atom stereocenters. The van der Waals surface area contributed by atoms with Crippen LogP contribution in [-0.4, -0.2) is 49.4 Å². The lowest BCUT2D eigenvalue weighted by atomic mass is 9.69. The van der Waals surface area contributed by atoms with Gasteiger partial charge in [0.2, 0.25) is 0 Å². The SMILES string of the molecule is COc1ccccc1C1CCC([C@]2(NC(=O)N3C(=O)OC[C@@H]3c3ccc(F)c(F)c3)CCNC2)CC1. The Bertz CT molecular complexity index is 1130. The highest BCUT2D eigenvalue weighted by Gasteiger charge is 2.47. The van der Waals surface area contributed by atoms with Crippen LogP contribution in [0.25, 0.3) is 0 Å². The van der Waals surface area contributed by atoms with Crippen molar-refractivity contribution in [2.75, 3.05) is 26.8 Å². The minimum atomic E-state index is -1.03. The molecule has 36 heavy (non-hydrogen) atoms. The monoisotopic (exact) mass is 499 g/mol. The van der Waals surface area contributed by atoms with Crippen LogP contribution < -0.4 is 15.4 Å². The largest absolute Gasteiger partial charge is 0.496 e. The van der Waals surface area contributed by atoms with Crippen LogP contribution in [0.3, 0.4) is 0 Å². The molecule has 1 aliphatic carbocycles. The van der Waals surface area contributed by atoms with E-state index in [9.17, 15) is 18.4 Å². The maximum absolute atomic E-state index is 13.9. The number of hydrogen-bond donors (Lipinski definition) is 2. The first-order valence-electron chi connectivity index (χ1n) is 12.5. The molecule has 2 atom stereocenters. The number of ether oxygens (including phenoxy) is 2. The fourth-order valence-corrected chi connectivity index (χ4v) is 6.11. The molecule has 2 saturated heterocycles. The lowest BCUT2D eigenvalue weighted by molar-refractivity contribution is 0.138. The number of imide groups is 1. The number of halogens is 2. The van der Waals surface area contributed by atoms with E-state index in [1.54, 1.807) is 7.11 Å². The third-order valence-electron chi connectivity index (χ3n) is 8.05. The molecule has 7 nitrogen and oxygen atoms in total. The van der Waals surface area contributed by atoms with Gasteiger partial charge in [0.25, 0.3) is 0 Å². The van der Waals surface area contributed by atoms with E-state index in [0.717, 1.165) is 61.4 Å². The number of hydrogen-bond acceptors (Lipinski definition) is 5. The van der Waals surface area contributed by atoms with Gasteiger partial charge in [0.1, 0.15) is 18.4 Å². The molecule has 0 spiro atoms. The number of para-hydroxylation sites is 1. The number of methoxy groups -OCH3 is 1. The van der Waals surface area contributed by atoms with E-state index in [1.165, 1.54) is 11.6 Å². The summed E-state index contributed by atoms with van der Waals surface area (Å²) >= 11 is 0. The molecule has 3 fully saturated rings. The second-order valence-electron chi connectivity index (χ2n) is 9.94. The topological polar surface area (TPSA) is 79.9 Å². The Morgan fingerprint density at radius 3 is 2.61 bits per heavy atom. The first kappa shape index (κ1) is 24.5. The molecular weight excluding hydrogens is 468 g/mol. The number of cyclic esters (lactones) is 1. The number of nitrogens with zero attached hydrogens (tertiary/aromatic N) is 1. The van der Waals surface area contributed by atoms with Gasteiger partial charge in [0.05, 0.1) is 12.6 Å². The third-order valence-corrected chi connectivity index (χ3v) is 8.05. The van der Waals surface area contributed by atoms with E-state index in [2.05, 4.69) is 16.7 Å². The van der Waals surface area contributed by atoms with E-state index in [4.69, 9.17) is 9.47 Å². The molecule has 2 heterocycles. The second kappa shape index (κ2) is 10.0. The zero-order chi connectivity index (χ0) is 25.3. The van der Waals surface area contributed by atoms with Crippen molar-refractivity contribution in [1.82, 2.24) is 15.5 Å². The van der Waals surface area contributed by atoms with Crippen LogP contribution >= 0.6 is 0 Å². The number of amides is 3. The predicted octanol–water partition coefficient (Wildman–Crippen LogP) is 4.88. The molecule has 192 valence electrons. The molecule has 9 heteroatoms. The fourth-order valence-electron chi connectivity index (χ4n) is 6.11. The zero-order valence-corrected chi connectivity index (χ0v) is 20.3. The van der Waals surface area contributed by atoms with Crippen molar-refractivity contribution in [1.29, 1.82) is 0 Å². The average molecular weight is 500 g/mol. The van der Waals surface area contributed by atoms with Crippen LogP contribution in [0.5, 0.6) is 5.75 Å². The molecule has 5 rings (SSSR count). The maximum Gasteiger partial charge on any atom is 0.418 e. The summed E-state index contributed by atoms with van der Waals surface area (Å²) in [5.41, 5.74) is 1.03. The van der Waals surface area contributed by atoms with Crippen molar-refractivity contribution >= 4 is 12.1 Å². The summed E-state index contributed by atoms with van der Waals surface area (Å²) in [4.78, 5) is 27.0. The fraction of sp³-hybridized carbons (Fsp3) is 0.481. The maximum atomic E-state index is 13.9. The molecule has 3 amide bonds. The van der Waals surface area contributed by atoms with Gasteiger partial charge in [-0.1, -0.05) is 24.3 Å². The van der Waals surface area contributed by atoms with Crippen LogP contribution in [0.15, 0.2) is 42.5 Å². The zero-order valence-electron chi connectivity index (χ0n) is 20.3. The number of benzene rings is 2. The molecule has 3 aliphatic rings. The van der Waals surface area contributed by atoms with E-state index < -0.39 is 35.3 Å². The van der Waals surface area contributed by atoms with Crippen LogP contribution in [-0.2, 0) is 4.74 Å². The van der Waals surface area contributed by atoms with Gasteiger partial charge >= 0.3 is 12.1 Å². The summed E-state index contributed by atoms with van der Waals surface area (Å²) in [6, 6.07) is 10.1. The van der Waals surface area contributed by atoms with Crippen LogP contribution in [0.2, 0.25) is 0 Å². The molecule has 2 aromatic rings. The van der Waals surface area contributed by atoms with Crippen LogP contribution in [0, 0.1) is 17.6 Å². The highest BCUT2D eigenvalue weighted by atomic mass is 19.2. The normalized spacial score (nSPS) is 28.1. The minimum Gasteiger partial charge on any atom is -0.496 e. The van der Waals surface area contributed by atoms with Crippen molar-refractivity contribution in [2.24, 2.45) is 5.92 Å². The standard InChI is InChI=1S/C27H31F2N3O4/c1-35-24-5-3-2-4-20(24)17-6-9-19(10-7-17)27(12-13-30-16-27)31-25(33)32-23(15-36-26(32)34)18-8-11-21(28)22(29)14-18/h2-5,8,11,14,17,19,23,30H,6-7,9-10,12-13,15-16H2,1H3,(H,31,33)/t17?,19?,23-,27+/m1/s1. The van der Waals surface area contributed by atoms with Crippen molar-refractivity contribution in [3.8, 4) is 5.75 Å². The predicted molar refractivity (Wildman–Crippen MR) is 129 cm³/mol. The first-order valence-corrected chi connectivity index (χ1v) is 12.5. The second-order valence-corrected chi connectivity index (χ2v) is 9.94. The summed E-state index contributed by atoms with van der Waals surface area (Å²) < 4.78 is 38.0. The molecular formula is C27H31F2N3O4. The molecule has 0 radical (unpaired) electrons. The Balaban J connectivity index is 1.31. The van der Waals surface area contributed by atoms with E-state index in [0.29, 0.717) is 18.0 Å². The van der Waals surface area contributed by atoms with E-state index >= 15 is 0 Å². The van der Waals surface area contributed by atoms with Gasteiger partial charge in [0.15, 0.2) is 11.6 Å². The number of urea groups is 1. The third kappa shape index (κ3) is 4.52. The number of carbonyl (C=O) groups is 2. The Hall–Kier alpha value is -3.20. The van der Waals surface area contributed by atoms with Gasteiger partial charge < -0.3 is 20.1 Å². The Kier molecular flexibility index (Phi) is 6.83. The van der Waals surface area contributed by atoms with E-state index in [-0.39, 0.29) is 12.5 Å². The number of carbonyl (C=O) groups excluding carboxylic acids is 2. The van der Waals surface area contributed by atoms with E-state index in [1.807, 2.05) is 18.2 Å². The summed E-state index contributed by atoms with van der Waals surface area (Å²) in [6.45, 7) is 1.28. The molecule has 2 aromatic carbocycles. The van der Waals surface area contributed by atoms with Gasteiger partial charge in [0, 0.05) is 6.54 Å². The highest BCUT2D eigenvalue weighted by Crippen LogP contribution is 2.44. The van der Waals surface area contributed by atoms with Crippen molar-refractivity contribution in [3.63, 3.8) is 0 Å². The van der Waals surface area contributed by atoms with Gasteiger partial charge in [-0.25, -0.2) is 23.3 Å². The molecule has 2 N–H and O–H groups in total. The van der Waals surface area contributed by atoms with Gasteiger partial charge in [-0.15, -0.1) is 0 Å². The summed E-state index contributed by atoms with van der Waals surface area (Å²) in [6.07, 6.45) is 3.78. The summed E-state index contributed by atoms with van der Waals surface area (Å²) in [5, 5.41) is 6.54. The van der Waals surface area contributed by atoms with Crippen molar-refractivity contribution < 1.29 is 27.8 Å². The smallest absolute Gasteiger partial charge is 0.418 e.